The largest absolute Gasteiger partial charge is 0.345 e. The second-order valence-electron chi connectivity index (χ2n) is 7.78. The summed E-state index contributed by atoms with van der Waals surface area (Å²) in [7, 11) is 1.78. The van der Waals surface area contributed by atoms with E-state index in [4.69, 9.17) is 0 Å². The minimum absolute atomic E-state index is 0.00288. The molecule has 1 saturated heterocycles. The van der Waals surface area contributed by atoms with Crippen LogP contribution in [0.25, 0.3) is 22.0 Å². The predicted molar refractivity (Wildman–Crippen MR) is 131 cm³/mol. The molecule has 2 aromatic carbocycles. The maximum atomic E-state index is 13.3. The van der Waals surface area contributed by atoms with Gasteiger partial charge in [-0.05, 0) is 12.1 Å². The molecule has 1 aliphatic heterocycles. The van der Waals surface area contributed by atoms with E-state index in [1.165, 1.54) is 11.3 Å². The van der Waals surface area contributed by atoms with Gasteiger partial charge in [-0.1, -0.05) is 53.8 Å². The van der Waals surface area contributed by atoms with Crippen LogP contribution in [0.4, 0.5) is 11.5 Å². The Labute approximate surface area is 200 Å². The van der Waals surface area contributed by atoms with E-state index in [2.05, 4.69) is 25.5 Å². The Morgan fingerprint density at radius 1 is 1.03 bits per heavy atom. The zero-order valence-corrected chi connectivity index (χ0v) is 19.2. The lowest BCUT2D eigenvalue weighted by Crippen LogP contribution is -2.49. The summed E-state index contributed by atoms with van der Waals surface area (Å²) < 4.78 is 0. The van der Waals surface area contributed by atoms with Crippen LogP contribution in [0.5, 0.6) is 0 Å². The van der Waals surface area contributed by atoms with Crippen LogP contribution in [0.2, 0.25) is 0 Å². The highest BCUT2D eigenvalue weighted by atomic mass is 32.1. The van der Waals surface area contributed by atoms with Gasteiger partial charge in [0.2, 0.25) is 5.91 Å². The van der Waals surface area contributed by atoms with E-state index < -0.39 is 0 Å². The number of rotatable bonds is 5. The van der Waals surface area contributed by atoms with E-state index in [-0.39, 0.29) is 24.1 Å². The summed E-state index contributed by atoms with van der Waals surface area (Å²) in [6.07, 6.45) is 0. The lowest BCUT2D eigenvalue weighted by Gasteiger charge is -2.32. The lowest BCUT2D eigenvalue weighted by molar-refractivity contribution is -0.129. The number of nitrogens with one attached hydrogen (secondary N) is 1. The molecule has 4 aromatic rings. The second-order valence-corrected chi connectivity index (χ2v) is 8.61. The molecule has 0 atom stereocenters. The number of piperazine rings is 1. The minimum Gasteiger partial charge on any atom is -0.345 e. The number of nitrogens with zero attached hydrogens (tertiary/aromatic N) is 6. The number of para-hydroxylation sites is 1. The zero-order chi connectivity index (χ0) is 23.5. The third kappa shape index (κ3) is 4.48. The molecule has 10 heteroatoms. The van der Waals surface area contributed by atoms with Gasteiger partial charge in [0, 0.05) is 37.3 Å². The van der Waals surface area contributed by atoms with Crippen LogP contribution in [0.3, 0.4) is 0 Å². The molecule has 2 amide bonds. The summed E-state index contributed by atoms with van der Waals surface area (Å²) >= 11 is 1.39. The topological polar surface area (TPSA) is 104 Å². The van der Waals surface area contributed by atoms with Crippen LogP contribution in [-0.2, 0) is 4.79 Å². The molecule has 1 N–H and O–H groups in total. The van der Waals surface area contributed by atoms with Gasteiger partial charge in [0.05, 0.1) is 12.2 Å². The molecule has 0 aliphatic carbocycles. The normalized spacial score (nSPS) is 13.7. The Morgan fingerprint density at radius 3 is 2.59 bits per heavy atom. The summed E-state index contributed by atoms with van der Waals surface area (Å²) in [5.41, 5.74) is 4.03. The molecule has 0 radical (unpaired) electrons. The summed E-state index contributed by atoms with van der Waals surface area (Å²) in [5, 5.41) is 11.7. The van der Waals surface area contributed by atoms with Crippen molar-refractivity contribution in [2.45, 2.75) is 0 Å². The Bertz CT molecular complexity index is 1330. The first kappa shape index (κ1) is 21.7. The van der Waals surface area contributed by atoms with Crippen molar-refractivity contribution in [2.75, 3.05) is 36.9 Å². The van der Waals surface area contributed by atoms with Gasteiger partial charge >= 0.3 is 0 Å². The third-order valence-corrected chi connectivity index (χ3v) is 6.25. The van der Waals surface area contributed by atoms with E-state index in [0.717, 1.165) is 11.1 Å². The molecule has 2 aromatic heterocycles. The molecule has 5 rings (SSSR count). The first-order valence-corrected chi connectivity index (χ1v) is 11.6. The fourth-order valence-electron chi connectivity index (χ4n) is 3.64. The highest BCUT2D eigenvalue weighted by Gasteiger charge is 2.24. The molecule has 9 nitrogen and oxygen atoms in total. The first-order valence-electron chi connectivity index (χ1n) is 10.7. The maximum absolute atomic E-state index is 13.3. The highest BCUT2D eigenvalue weighted by molar-refractivity contribution is 7.12. The van der Waals surface area contributed by atoms with Crippen LogP contribution >= 0.6 is 11.3 Å². The smallest absolute Gasteiger partial charge is 0.274 e. The van der Waals surface area contributed by atoms with E-state index >= 15 is 0 Å². The molecule has 170 valence electrons. The van der Waals surface area contributed by atoms with Crippen molar-refractivity contribution in [1.29, 1.82) is 0 Å². The van der Waals surface area contributed by atoms with Crippen molar-refractivity contribution in [1.82, 2.24) is 25.1 Å². The van der Waals surface area contributed by atoms with E-state index in [1.807, 2.05) is 59.5 Å². The monoisotopic (exact) mass is 471 g/mol. The molecular formula is C24H21N7O2S. The fraction of sp³-hybridized carbons (Fsp3) is 0.167. The van der Waals surface area contributed by atoms with Gasteiger partial charge in [-0.15, -0.1) is 10.2 Å². The molecule has 3 heterocycles. The summed E-state index contributed by atoms with van der Waals surface area (Å²) in [5.74, 6) is 0.589. The van der Waals surface area contributed by atoms with Crippen molar-refractivity contribution in [3.63, 3.8) is 0 Å². The molecule has 0 spiro atoms. The summed E-state index contributed by atoms with van der Waals surface area (Å²) in [6, 6.07) is 18.5. The van der Waals surface area contributed by atoms with Gasteiger partial charge in [-0.25, -0.2) is 9.97 Å². The summed E-state index contributed by atoms with van der Waals surface area (Å²) in [6.45, 7) is 1.40. The van der Waals surface area contributed by atoms with E-state index in [0.29, 0.717) is 35.4 Å². The molecule has 0 saturated carbocycles. The number of carbonyl (C=O) groups is 2. The number of amides is 2. The predicted octanol–water partition coefficient (Wildman–Crippen LogP) is 3.19. The van der Waals surface area contributed by atoms with Crippen molar-refractivity contribution in [3.8, 4) is 22.0 Å². The Balaban J connectivity index is 1.51. The highest BCUT2D eigenvalue weighted by Crippen LogP contribution is 2.29. The fourth-order valence-corrected chi connectivity index (χ4v) is 4.23. The number of hydrogen-bond acceptors (Lipinski definition) is 8. The van der Waals surface area contributed by atoms with Crippen LogP contribution < -0.4 is 10.2 Å². The molecular weight excluding hydrogens is 450 g/mol. The van der Waals surface area contributed by atoms with Crippen LogP contribution in [0, 0.1) is 0 Å². The van der Waals surface area contributed by atoms with E-state index in [9.17, 15) is 9.59 Å². The van der Waals surface area contributed by atoms with Crippen LogP contribution in [0.1, 0.15) is 10.5 Å². The van der Waals surface area contributed by atoms with Crippen LogP contribution in [-0.4, -0.2) is 63.6 Å². The first-order chi connectivity index (χ1) is 16.6. The number of benzene rings is 2. The Kier molecular flexibility index (Phi) is 5.96. The Morgan fingerprint density at radius 2 is 1.82 bits per heavy atom. The van der Waals surface area contributed by atoms with Gasteiger partial charge in [0.1, 0.15) is 22.0 Å². The molecule has 1 fully saturated rings. The standard InChI is InChI=1S/C24H21N7O2S/c1-30-11-12-31(14-21(30)32)20-13-19(26-22(28-20)16-7-3-2-4-8-16)23(33)27-18-10-6-5-9-17(18)24-29-25-15-34-24/h2-10,13,15H,11-12,14H2,1H3,(H,27,33). The number of hydrogen-bond donors (Lipinski definition) is 1. The van der Waals surface area contributed by atoms with Crippen molar-refractivity contribution in [2.24, 2.45) is 0 Å². The Hall–Kier alpha value is -4.18. The second kappa shape index (κ2) is 9.36. The number of aromatic nitrogens is 4. The lowest BCUT2D eigenvalue weighted by atomic mass is 10.1. The zero-order valence-electron chi connectivity index (χ0n) is 18.4. The summed E-state index contributed by atoms with van der Waals surface area (Å²) in [4.78, 5) is 38.4. The molecule has 0 unspecified atom stereocenters. The van der Waals surface area contributed by atoms with Crippen LogP contribution in [0.15, 0.2) is 66.2 Å². The van der Waals surface area contributed by atoms with Crippen molar-refractivity contribution in [3.05, 3.63) is 71.9 Å². The number of likely N-dealkylation sites (N-methyl/N-ethyl adjacent to an activating group) is 1. The average Bonchev–Trinajstić information content (AvgIpc) is 3.41. The maximum Gasteiger partial charge on any atom is 0.274 e. The number of anilines is 2. The molecule has 0 bridgehead atoms. The van der Waals surface area contributed by atoms with Gasteiger partial charge in [-0.3, -0.25) is 9.59 Å². The van der Waals surface area contributed by atoms with Gasteiger partial charge in [0.25, 0.3) is 5.91 Å². The number of carbonyl (C=O) groups excluding carboxylic acids is 2. The minimum atomic E-state index is -0.377. The average molecular weight is 472 g/mol. The van der Waals surface area contributed by atoms with E-state index in [1.54, 1.807) is 23.5 Å². The van der Waals surface area contributed by atoms with Crippen molar-refractivity contribution < 1.29 is 9.59 Å². The third-order valence-electron chi connectivity index (χ3n) is 5.52. The van der Waals surface area contributed by atoms with Gasteiger partial charge in [0.15, 0.2) is 5.82 Å². The van der Waals surface area contributed by atoms with Gasteiger partial charge in [-0.2, -0.15) is 0 Å². The molecule has 34 heavy (non-hydrogen) atoms. The molecule has 1 aliphatic rings. The van der Waals surface area contributed by atoms with Crippen molar-refractivity contribution >= 4 is 34.7 Å². The SMILES string of the molecule is CN1CCN(c2cc(C(=O)Nc3ccccc3-c3nncs3)nc(-c3ccccc3)n2)CC1=O. The van der Waals surface area contributed by atoms with Gasteiger partial charge < -0.3 is 15.1 Å². The quantitative estimate of drug-likeness (QED) is 0.477.